The molecule has 0 amide bonds. The van der Waals surface area contributed by atoms with E-state index in [4.69, 9.17) is 0 Å². The van der Waals surface area contributed by atoms with Crippen LogP contribution in [0, 0.1) is 0 Å². The summed E-state index contributed by atoms with van der Waals surface area (Å²) in [4.78, 5) is 0. The number of hydrogen-bond donors (Lipinski definition) is 0. The van der Waals surface area contributed by atoms with E-state index < -0.39 is 11.8 Å². The number of fused-ring (bicyclic) bond motifs is 2. The Labute approximate surface area is 169 Å². The molecule has 4 nitrogen and oxygen atoms in total. The van der Waals surface area contributed by atoms with Crippen molar-refractivity contribution in [1.29, 1.82) is 0 Å². The topological polar surface area (TPSA) is 13.0 Å². The maximum absolute atomic E-state index is 2.92. The second-order valence-corrected chi connectivity index (χ2v) is 23.3. The van der Waals surface area contributed by atoms with Gasteiger partial charge < -0.3 is 0 Å². The summed E-state index contributed by atoms with van der Waals surface area (Å²) < 4.78 is 11.6. The molecular formula is C16H36AsIN4P2. The molecule has 0 atom stereocenters. The fraction of sp³-hybridized carbons (Fsp3) is 1.00. The van der Waals surface area contributed by atoms with Gasteiger partial charge in [-0.2, -0.15) is 0 Å². The van der Waals surface area contributed by atoms with Crippen LogP contribution in [0.15, 0.2) is 0 Å². The van der Waals surface area contributed by atoms with Gasteiger partial charge in [-0.3, -0.25) is 0 Å². The van der Waals surface area contributed by atoms with Gasteiger partial charge in [0, 0.05) is 0 Å². The Bertz CT molecular complexity index is 440. The molecule has 0 N–H and O–H groups in total. The van der Waals surface area contributed by atoms with Crippen molar-refractivity contribution in [2.45, 2.75) is 105 Å². The molecule has 2 bridgehead atoms. The zero-order chi connectivity index (χ0) is 19.0. The van der Waals surface area contributed by atoms with Crippen molar-refractivity contribution in [3.8, 4) is 0 Å². The predicted molar refractivity (Wildman–Crippen MR) is 120 cm³/mol. The molecular weight excluding hydrogens is 512 g/mol. The number of hydrogen-bond acceptors (Lipinski definition) is 4. The SMILES string of the molecule is CC(C)(C)N1P2N(C(C)(C)C)P1N(C(C)(C)C)[As](I)N2C(C)(C)C. The van der Waals surface area contributed by atoms with Crippen molar-refractivity contribution in [2.24, 2.45) is 0 Å². The van der Waals surface area contributed by atoms with E-state index in [1.807, 2.05) is 0 Å². The third-order valence-electron chi connectivity index (χ3n) is 3.73. The summed E-state index contributed by atoms with van der Waals surface area (Å²) in [6.07, 6.45) is 0. The average Bonchev–Trinajstić information content (AvgIpc) is 2.18. The molecule has 0 saturated carbocycles. The Balaban J connectivity index is 2.64. The predicted octanol–water partition coefficient (Wildman–Crippen LogP) is 6.29. The van der Waals surface area contributed by atoms with Crippen LogP contribution in [0.3, 0.4) is 0 Å². The van der Waals surface area contributed by atoms with Gasteiger partial charge in [0.1, 0.15) is 0 Å². The van der Waals surface area contributed by atoms with Crippen molar-refractivity contribution >= 4 is 48.6 Å². The molecule has 0 aromatic heterocycles. The van der Waals surface area contributed by atoms with Crippen LogP contribution >= 0.6 is 36.9 Å². The van der Waals surface area contributed by atoms with Crippen molar-refractivity contribution in [1.82, 2.24) is 16.1 Å². The molecule has 0 radical (unpaired) electrons. The molecule has 3 saturated heterocycles. The molecule has 0 unspecified atom stereocenters. The molecule has 3 rings (SSSR count). The van der Waals surface area contributed by atoms with Gasteiger partial charge in [-0.1, -0.05) is 0 Å². The van der Waals surface area contributed by atoms with Gasteiger partial charge in [-0.05, 0) is 0 Å². The van der Waals surface area contributed by atoms with E-state index in [-0.39, 0.29) is 38.9 Å². The Kier molecular flexibility index (Phi) is 6.05. The van der Waals surface area contributed by atoms with Gasteiger partial charge in [-0.25, -0.2) is 0 Å². The molecule has 3 aliphatic rings. The monoisotopic (exact) mass is 548 g/mol. The molecule has 142 valence electrons. The third kappa shape index (κ3) is 3.77. The first-order chi connectivity index (χ1) is 10.4. The number of halogens is 1. The van der Waals surface area contributed by atoms with Crippen LogP contribution in [-0.2, 0) is 0 Å². The van der Waals surface area contributed by atoms with Crippen LogP contribution in [0.4, 0.5) is 0 Å². The van der Waals surface area contributed by atoms with Gasteiger partial charge in [0.05, 0.1) is 0 Å². The van der Waals surface area contributed by atoms with E-state index in [0.717, 1.165) is 0 Å². The van der Waals surface area contributed by atoms with Gasteiger partial charge in [0.25, 0.3) is 0 Å². The van der Waals surface area contributed by atoms with Crippen molar-refractivity contribution in [3.05, 3.63) is 0 Å². The van der Waals surface area contributed by atoms with Gasteiger partial charge >= 0.3 is 170 Å². The second-order valence-electron chi connectivity index (χ2n) is 10.6. The fourth-order valence-electron chi connectivity index (χ4n) is 2.91. The van der Waals surface area contributed by atoms with Crippen molar-refractivity contribution < 1.29 is 0 Å². The Morgan fingerprint density at radius 3 is 0.958 bits per heavy atom. The number of nitrogens with zero attached hydrogens (tertiary/aromatic N) is 4. The average molecular weight is 548 g/mol. The van der Waals surface area contributed by atoms with Gasteiger partial charge in [0.15, 0.2) is 0 Å². The maximum atomic E-state index is 2.92. The summed E-state index contributed by atoms with van der Waals surface area (Å²) in [7, 11) is -0.743. The van der Waals surface area contributed by atoms with Gasteiger partial charge in [-0.15, -0.1) is 0 Å². The zero-order valence-corrected chi connectivity index (χ0v) is 23.3. The zero-order valence-electron chi connectivity index (χ0n) is 17.5. The Morgan fingerprint density at radius 2 is 0.792 bits per heavy atom. The minimum absolute atomic E-state index is 0.200. The molecule has 3 aliphatic heterocycles. The molecule has 0 spiro atoms. The first kappa shape index (κ1) is 22.3. The van der Waals surface area contributed by atoms with E-state index in [0.29, 0.717) is 0 Å². The standard InChI is InChI=1S/C16H36AsIN4P2/c1-13(2,3)19-17(18)20(14(4,5)6)24-21(15(7,8)9)23(19)22(24)16(10,11)12/h1-12H3. The molecule has 3 heterocycles. The molecule has 0 aromatic carbocycles. The van der Waals surface area contributed by atoms with Crippen LogP contribution in [0.25, 0.3) is 0 Å². The van der Waals surface area contributed by atoms with Crippen LogP contribution in [0.2, 0.25) is 0 Å². The van der Waals surface area contributed by atoms with Crippen LogP contribution < -0.4 is 0 Å². The fourth-order valence-corrected chi connectivity index (χ4v) is 30.9. The number of rotatable bonds is 0. The molecule has 24 heavy (non-hydrogen) atoms. The van der Waals surface area contributed by atoms with E-state index in [9.17, 15) is 0 Å². The molecule has 8 heteroatoms. The molecule has 0 aromatic rings. The van der Waals surface area contributed by atoms with Crippen molar-refractivity contribution in [2.75, 3.05) is 0 Å². The first-order valence-corrected chi connectivity index (χ1v) is 18.5. The van der Waals surface area contributed by atoms with E-state index in [1.54, 1.807) is 0 Å². The van der Waals surface area contributed by atoms with Gasteiger partial charge in [0.2, 0.25) is 0 Å². The van der Waals surface area contributed by atoms with E-state index in [1.165, 1.54) is 0 Å². The summed E-state index contributed by atoms with van der Waals surface area (Å²) in [5.41, 5.74) is 0.813. The summed E-state index contributed by atoms with van der Waals surface area (Å²) in [6.45, 7) is 28.8. The Hall–Kier alpha value is 1.99. The summed E-state index contributed by atoms with van der Waals surface area (Å²) >= 11 is 1.56. The van der Waals surface area contributed by atoms with E-state index in [2.05, 4.69) is 119 Å². The Morgan fingerprint density at radius 1 is 0.542 bits per heavy atom. The van der Waals surface area contributed by atoms with Crippen LogP contribution in [0.5, 0.6) is 0 Å². The minimum atomic E-state index is -1.27. The second kappa shape index (κ2) is 6.51. The normalized spacial score (nSPS) is 32.1. The third-order valence-corrected chi connectivity index (χ3v) is 26.9. The molecule has 0 aliphatic carbocycles. The summed E-state index contributed by atoms with van der Waals surface area (Å²) in [5, 5.41) is 0. The molecule has 3 fully saturated rings. The summed E-state index contributed by atoms with van der Waals surface area (Å²) in [5.74, 6) is 0. The van der Waals surface area contributed by atoms with Crippen LogP contribution in [-0.4, -0.2) is 50.0 Å². The van der Waals surface area contributed by atoms with E-state index >= 15 is 0 Å². The quantitative estimate of drug-likeness (QED) is 0.201. The van der Waals surface area contributed by atoms with Crippen LogP contribution in [0.1, 0.15) is 83.1 Å². The summed E-state index contributed by atoms with van der Waals surface area (Å²) in [6, 6.07) is 0. The first-order valence-electron chi connectivity index (χ1n) is 8.66. The van der Waals surface area contributed by atoms with Crippen molar-refractivity contribution in [3.63, 3.8) is 0 Å².